The molecule has 31 heavy (non-hydrogen) atoms. The Morgan fingerprint density at radius 1 is 1.19 bits per heavy atom. The standard InChI is InChI=1S/C20H20F3N5O3/c1-11(12-3-2-4-13(17(12)21)18(22)23)24-19-14-10-28(27-5-7-31-8-6-27)16(29)9-15(14)25-20(30)26-19/h2-4,9-11,18H,5-8H2,1H3,(H2,24,25,26,30)/t11-/m1/s1. The van der Waals surface area contributed by atoms with Gasteiger partial charge in [-0.05, 0) is 6.92 Å². The number of nitrogens with zero attached hydrogens (tertiary/aromatic N) is 4. The number of hydrogen-bond donors (Lipinski definition) is 2. The Balaban J connectivity index is 1.75. The predicted molar refractivity (Wildman–Crippen MR) is 108 cm³/mol. The zero-order valence-electron chi connectivity index (χ0n) is 16.6. The third kappa shape index (κ3) is 4.13. The summed E-state index contributed by atoms with van der Waals surface area (Å²) >= 11 is 0. The van der Waals surface area contributed by atoms with Gasteiger partial charge in [-0.3, -0.25) is 4.79 Å². The van der Waals surface area contributed by atoms with Crippen molar-refractivity contribution in [1.82, 2.24) is 14.6 Å². The number of ether oxygens (including phenoxy) is 1. The molecule has 1 atom stereocenters. The number of fused-ring (bicyclic) bond motifs is 1. The van der Waals surface area contributed by atoms with Gasteiger partial charge in [-0.1, -0.05) is 18.2 Å². The molecule has 0 spiro atoms. The van der Waals surface area contributed by atoms with Crippen LogP contribution in [0.2, 0.25) is 0 Å². The molecule has 1 aromatic carbocycles. The number of aromatic hydroxyl groups is 1. The minimum absolute atomic E-state index is 0.0190. The fourth-order valence-corrected chi connectivity index (χ4v) is 3.54. The molecular formula is C20H20F3N5O3. The van der Waals surface area contributed by atoms with E-state index in [1.807, 2.05) is 0 Å². The summed E-state index contributed by atoms with van der Waals surface area (Å²) in [6.07, 6.45) is -1.41. The van der Waals surface area contributed by atoms with Crippen molar-refractivity contribution in [3.63, 3.8) is 0 Å². The molecule has 11 heteroatoms. The van der Waals surface area contributed by atoms with Crippen molar-refractivity contribution in [3.8, 4) is 6.01 Å². The summed E-state index contributed by atoms with van der Waals surface area (Å²) < 4.78 is 47.4. The Labute approximate surface area is 174 Å². The number of anilines is 1. The van der Waals surface area contributed by atoms with E-state index in [-0.39, 0.29) is 22.5 Å². The van der Waals surface area contributed by atoms with E-state index < -0.39 is 29.9 Å². The molecule has 164 valence electrons. The second-order valence-electron chi connectivity index (χ2n) is 7.11. The molecule has 0 radical (unpaired) electrons. The zero-order valence-corrected chi connectivity index (χ0v) is 16.6. The number of nitrogens with one attached hydrogen (secondary N) is 1. The summed E-state index contributed by atoms with van der Waals surface area (Å²) in [5, 5.41) is 15.1. The van der Waals surface area contributed by atoms with Crippen LogP contribution in [0.25, 0.3) is 10.9 Å². The van der Waals surface area contributed by atoms with E-state index >= 15 is 0 Å². The van der Waals surface area contributed by atoms with E-state index in [1.165, 1.54) is 29.1 Å². The van der Waals surface area contributed by atoms with E-state index in [4.69, 9.17) is 4.74 Å². The summed E-state index contributed by atoms with van der Waals surface area (Å²) in [6.45, 7) is 3.54. The molecule has 1 aliphatic rings. The number of benzene rings is 1. The fraction of sp³-hybridized carbons (Fsp3) is 0.350. The molecule has 2 N–H and O–H groups in total. The van der Waals surface area contributed by atoms with Crippen molar-refractivity contribution in [1.29, 1.82) is 0 Å². The highest BCUT2D eigenvalue weighted by Crippen LogP contribution is 2.30. The summed E-state index contributed by atoms with van der Waals surface area (Å²) in [6, 6.07) is 3.70. The number of halogens is 3. The molecule has 3 heterocycles. The van der Waals surface area contributed by atoms with Gasteiger partial charge in [0.05, 0.1) is 48.8 Å². The van der Waals surface area contributed by atoms with Gasteiger partial charge < -0.3 is 20.2 Å². The Bertz CT molecular complexity index is 1160. The molecule has 1 saturated heterocycles. The Morgan fingerprint density at radius 2 is 1.90 bits per heavy atom. The summed E-state index contributed by atoms with van der Waals surface area (Å²) in [5.41, 5.74) is -0.825. The van der Waals surface area contributed by atoms with Gasteiger partial charge in [0.1, 0.15) is 11.6 Å². The molecule has 8 nitrogen and oxygen atoms in total. The first-order valence-electron chi connectivity index (χ1n) is 9.64. The predicted octanol–water partition coefficient (Wildman–Crippen LogP) is 2.72. The van der Waals surface area contributed by atoms with Crippen molar-refractivity contribution in [2.24, 2.45) is 0 Å². The highest BCUT2D eigenvalue weighted by molar-refractivity contribution is 5.88. The average molecular weight is 435 g/mol. The molecule has 0 saturated carbocycles. The maximum absolute atomic E-state index is 14.6. The van der Waals surface area contributed by atoms with Crippen LogP contribution in [0.5, 0.6) is 6.01 Å². The maximum atomic E-state index is 14.6. The van der Waals surface area contributed by atoms with Gasteiger partial charge in [-0.25, -0.2) is 17.8 Å². The van der Waals surface area contributed by atoms with Gasteiger partial charge in [0.25, 0.3) is 12.0 Å². The van der Waals surface area contributed by atoms with Crippen LogP contribution < -0.4 is 15.9 Å². The molecule has 1 aliphatic heterocycles. The first-order chi connectivity index (χ1) is 14.8. The first-order valence-corrected chi connectivity index (χ1v) is 9.64. The molecule has 3 aromatic rings. The lowest BCUT2D eigenvalue weighted by Gasteiger charge is -2.30. The summed E-state index contributed by atoms with van der Waals surface area (Å²) in [4.78, 5) is 20.4. The monoisotopic (exact) mass is 435 g/mol. The number of aromatic nitrogens is 3. The van der Waals surface area contributed by atoms with Crippen LogP contribution in [-0.2, 0) is 4.74 Å². The molecule has 0 unspecified atom stereocenters. The number of pyridine rings is 1. The normalized spacial score (nSPS) is 15.5. The van der Waals surface area contributed by atoms with Gasteiger partial charge in [0.2, 0.25) is 0 Å². The van der Waals surface area contributed by atoms with Crippen LogP contribution in [0.15, 0.2) is 35.3 Å². The fourth-order valence-electron chi connectivity index (χ4n) is 3.54. The van der Waals surface area contributed by atoms with Crippen LogP contribution in [-0.4, -0.2) is 46.1 Å². The van der Waals surface area contributed by atoms with E-state index in [0.29, 0.717) is 31.7 Å². The van der Waals surface area contributed by atoms with Crippen molar-refractivity contribution in [2.45, 2.75) is 19.4 Å². The number of alkyl halides is 2. The first kappa shape index (κ1) is 20.9. The summed E-state index contributed by atoms with van der Waals surface area (Å²) in [5.74, 6) is -0.871. The van der Waals surface area contributed by atoms with Crippen molar-refractivity contribution in [3.05, 3.63) is 57.8 Å². The number of rotatable bonds is 5. The van der Waals surface area contributed by atoms with Gasteiger partial charge in [0.15, 0.2) is 0 Å². The van der Waals surface area contributed by atoms with Crippen LogP contribution in [0.3, 0.4) is 0 Å². The van der Waals surface area contributed by atoms with Gasteiger partial charge in [0, 0.05) is 17.8 Å². The van der Waals surface area contributed by atoms with Gasteiger partial charge in [-0.15, -0.1) is 0 Å². The smallest absolute Gasteiger partial charge is 0.316 e. The number of morpholine rings is 1. The second kappa shape index (κ2) is 8.42. The minimum atomic E-state index is -2.95. The highest BCUT2D eigenvalue weighted by Gasteiger charge is 2.21. The Morgan fingerprint density at radius 3 is 2.61 bits per heavy atom. The van der Waals surface area contributed by atoms with E-state index in [2.05, 4.69) is 15.3 Å². The molecule has 2 aromatic heterocycles. The lowest BCUT2D eigenvalue weighted by Crippen LogP contribution is -2.48. The van der Waals surface area contributed by atoms with Crippen LogP contribution in [0.4, 0.5) is 19.0 Å². The third-order valence-corrected chi connectivity index (χ3v) is 5.11. The lowest BCUT2D eigenvalue weighted by molar-refractivity contribution is 0.111. The highest BCUT2D eigenvalue weighted by atomic mass is 19.3. The maximum Gasteiger partial charge on any atom is 0.316 e. The molecule has 1 fully saturated rings. The molecule has 0 aliphatic carbocycles. The van der Waals surface area contributed by atoms with E-state index in [0.717, 1.165) is 6.07 Å². The molecule has 0 bridgehead atoms. The SMILES string of the molecule is C[C@@H](Nc1nc(O)nc2cc(=O)n(N3CCOCC3)cc12)c1cccc(C(F)F)c1F. The second-order valence-corrected chi connectivity index (χ2v) is 7.11. The topological polar surface area (TPSA) is 92.5 Å². The van der Waals surface area contributed by atoms with E-state index in [1.54, 1.807) is 11.9 Å². The van der Waals surface area contributed by atoms with Crippen molar-refractivity contribution < 1.29 is 23.0 Å². The van der Waals surface area contributed by atoms with Crippen LogP contribution in [0, 0.1) is 5.82 Å². The minimum Gasteiger partial charge on any atom is -0.479 e. The quantitative estimate of drug-likeness (QED) is 0.637. The third-order valence-electron chi connectivity index (χ3n) is 5.11. The van der Waals surface area contributed by atoms with Gasteiger partial charge in [-0.2, -0.15) is 9.97 Å². The largest absolute Gasteiger partial charge is 0.479 e. The zero-order chi connectivity index (χ0) is 22.1. The molecular weight excluding hydrogens is 415 g/mol. The molecule has 4 rings (SSSR count). The van der Waals surface area contributed by atoms with E-state index in [9.17, 15) is 23.1 Å². The van der Waals surface area contributed by atoms with Crippen molar-refractivity contribution >= 4 is 16.7 Å². The lowest BCUT2D eigenvalue weighted by atomic mass is 10.0. The number of hydrogen-bond acceptors (Lipinski definition) is 7. The van der Waals surface area contributed by atoms with Gasteiger partial charge >= 0.3 is 6.01 Å². The van der Waals surface area contributed by atoms with Crippen LogP contribution in [0.1, 0.15) is 30.5 Å². The van der Waals surface area contributed by atoms with Crippen LogP contribution >= 0.6 is 0 Å². The summed E-state index contributed by atoms with van der Waals surface area (Å²) in [7, 11) is 0. The Kier molecular flexibility index (Phi) is 5.68. The average Bonchev–Trinajstić information content (AvgIpc) is 2.73. The molecule has 0 amide bonds. The van der Waals surface area contributed by atoms with Crippen molar-refractivity contribution in [2.75, 3.05) is 36.6 Å². The Hall–Kier alpha value is -3.34.